The zero-order chi connectivity index (χ0) is 54.6. The third kappa shape index (κ3) is 16.2. The molecular formula is C52H45Br13O9. The number of hydrogen-bond donors (Lipinski definition) is 3. The fraction of sp³-hybridized carbons (Fsp3) is 0.308. The molecule has 6 rings (SSSR count). The number of rotatable bonds is 22. The number of aliphatic hydroxyl groups excluding tert-OH is 3. The van der Waals surface area contributed by atoms with E-state index in [-0.39, 0.29) is 39.6 Å². The number of halogens is 13. The minimum Gasteiger partial charge on any atom is -0.489 e. The first-order valence-electron chi connectivity index (χ1n) is 22.1. The molecule has 0 radical (unpaired) electrons. The van der Waals surface area contributed by atoms with Crippen LogP contribution in [0.5, 0.6) is 34.5 Å². The molecular weight excluding hydrogens is 1810 g/mol. The Morgan fingerprint density at radius 3 is 0.703 bits per heavy atom. The van der Waals surface area contributed by atoms with Gasteiger partial charge in [0.1, 0.15) is 92.5 Å². The second-order valence-corrected chi connectivity index (χ2v) is 29.1. The summed E-state index contributed by atoms with van der Waals surface area (Å²) in [5, 5.41) is 32.5. The van der Waals surface area contributed by atoms with Crippen LogP contribution in [0.15, 0.2) is 131 Å². The lowest BCUT2D eigenvalue weighted by Crippen LogP contribution is -2.26. The van der Waals surface area contributed by atoms with Crippen LogP contribution in [-0.2, 0) is 10.8 Å². The summed E-state index contributed by atoms with van der Waals surface area (Å²) in [6.45, 7) is 10.4. The van der Waals surface area contributed by atoms with Crippen molar-refractivity contribution in [2.45, 2.75) is 63.8 Å². The van der Waals surface area contributed by atoms with Crippen molar-refractivity contribution in [3.05, 3.63) is 159 Å². The third-order valence-corrected chi connectivity index (χ3v) is 19.0. The third-order valence-electron chi connectivity index (χ3n) is 11.6. The van der Waals surface area contributed by atoms with Gasteiger partial charge in [-0.15, -0.1) is 0 Å². The number of aliphatic hydroxyl groups is 3. The summed E-state index contributed by atoms with van der Waals surface area (Å²) in [6, 6.07) is 23.6. The minimum atomic E-state index is -0.971. The Kier molecular flexibility index (Phi) is 23.8. The van der Waals surface area contributed by atoms with Gasteiger partial charge in [0, 0.05) is 19.8 Å². The molecule has 0 aliphatic heterocycles. The van der Waals surface area contributed by atoms with Crippen molar-refractivity contribution >= 4 is 207 Å². The Morgan fingerprint density at radius 1 is 0.311 bits per heavy atom. The molecule has 0 heterocycles. The fourth-order valence-electron chi connectivity index (χ4n) is 7.33. The Hall–Kier alpha value is 0.240. The molecule has 0 aliphatic rings. The SMILES string of the molecule is Cc1cc(Br)cc(Br)c1OCC(O)COc1c(Br)cc(C(C)(C)c2cc(Br)c(OCC(O)COc3c(Br)cc(C(C)(C)c4cc(Br)c(OCC(O)COc5c(Br)cc(Br)cc5Br)c(Br)c4)cc3Br)c(Br)c2)cc1Br. The monoisotopic (exact) mass is 1840 g/mol. The van der Waals surface area contributed by atoms with Gasteiger partial charge in [-0.3, -0.25) is 0 Å². The molecule has 0 saturated carbocycles. The molecule has 22 heteroatoms. The molecule has 74 heavy (non-hydrogen) atoms. The van der Waals surface area contributed by atoms with Gasteiger partial charge >= 0.3 is 0 Å². The van der Waals surface area contributed by atoms with Crippen molar-refractivity contribution in [1.29, 1.82) is 0 Å². The maximum atomic E-state index is 11.1. The molecule has 0 aromatic heterocycles. The maximum Gasteiger partial charge on any atom is 0.147 e. The highest BCUT2D eigenvalue weighted by Gasteiger charge is 2.30. The van der Waals surface area contributed by atoms with Gasteiger partial charge in [0.2, 0.25) is 0 Å². The fourth-order valence-corrected chi connectivity index (χ4v) is 17.0. The average Bonchev–Trinajstić information content (AvgIpc) is 3.29. The highest BCUT2D eigenvalue weighted by Crippen LogP contribution is 2.47. The number of benzene rings is 6. The lowest BCUT2D eigenvalue weighted by atomic mass is 9.78. The van der Waals surface area contributed by atoms with Gasteiger partial charge in [0.25, 0.3) is 0 Å². The first kappa shape index (κ1) is 63.4. The Labute approximate surface area is 540 Å². The quantitative estimate of drug-likeness (QED) is 0.0611. The number of ether oxygens (including phenoxy) is 6. The van der Waals surface area contributed by atoms with Gasteiger partial charge in [0.05, 0.1) is 49.2 Å². The van der Waals surface area contributed by atoms with Crippen molar-refractivity contribution < 1.29 is 43.7 Å². The first-order valence-corrected chi connectivity index (χ1v) is 32.4. The van der Waals surface area contributed by atoms with E-state index in [0.717, 1.165) is 59.1 Å². The van der Waals surface area contributed by atoms with E-state index in [0.29, 0.717) is 61.3 Å². The van der Waals surface area contributed by atoms with Crippen LogP contribution in [0.25, 0.3) is 0 Å². The highest BCUT2D eigenvalue weighted by molar-refractivity contribution is 9.13. The topological polar surface area (TPSA) is 116 Å². The lowest BCUT2D eigenvalue weighted by molar-refractivity contribution is 0.0615. The van der Waals surface area contributed by atoms with Crippen LogP contribution in [0.2, 0.25) is 0 Å². The molecule has 0 fully saturated rings. The predicted octanol–water partition coefficient (Wildman–Crippen LogP) is 19.0. The lowest BCUT2D eigenvalue weighted by Gasteiger charge is -2.29. The zero-order valence-corrected chi connectivity index (χ0v) is 60.2. The van der Waals surface area contributed by atoms with E-state index in [1.807, 2.05) is 79.7 Å². The van der Waals surface area contributed by atoms with Gasteiger partial charge in [-0.25, -0.2) is 0 Å². The second-order valence-electron chi connectivity index (χ2n) is 17.9. The summed E-state index contributed by atoms with van der Waals surface area (Å²) >= 11 is 47.1. The minimum absolute atomic E-state index is 0.000794. The van der Waals surface area contributed by atoms with Gasteiger partial charge in [-0.2, -0.15) is 0 Å². The van der Waals surface area contributed by atoms with Crippen molar-refractivity contribution in [3.63, 3.8) is 0 Å². The highest BCUT2D eigenvalue weighted by atomic mass is 79.9. The molecule has 9 nitrogen and oxygen atoms in total. The summed E-state index contributed by atoms with van der Waals surface area (Å²) in [4.78, 5) is 0. The Morgan fingerprint density at radius 2 is 0.486 bits per heavy atom. The van der Waals surface area contributed by atoms with E-state index < -0.39 is 29.1 Å². The van der Waals surface area contributed by atoms with E-state index in [2.05, 4.69) is 235 Å². The summed E-state index contributed by atoms with van der Waals surface area (Å²) in [5.41, 5.74) is 3.92. The molecule has 0 bridgehead atoms. The van der Waals surface area contributed by atoms with Crippen LogP contribution in [0.1, 0.15) is 55.5 Å². The summed E-state index contributed by atoms with van der Waals surface area (Å²) in [7, 11) is 0. The second kappa shape index (κ2) is 27.8. The zero-order valence-electron chi connectivity index (χ0n) is 39.6. The Balaban J connectivity index is 1.03. The van der Waals surface area contributed by atoms with Crippen LogP contribution in [-0.4, -0.2) is 73.3 Å². The van der Waals surface area contributed by atoms with Crippen LogP contribution in [0.3, 0.4) is 0 Å². The van der Waals surface area contributed by atoms with E-state index in [9.17, 15) is 15.3 Å². The average molecular weight is 1850 g/mol. The number of hydrogen-bond acceptors (Lipinski definition) is 9. The summed E-state index contributed by atoms with van der Waals surface area (Å²) < 4.78 is 46.0. The van der Waals surface area contributed by atoms with Gasteiger partial charge < -0.3 is 43.7 Å². The predicted molar refractivity (Wildman–Crippen MR) is 339 cm³/mol. The van der Waals surface area contributed by atoms with Crippen molar-refractivity contribution in [1.82, 2.24) is 0 Å². The van der Waals surface area contributed by atoms with Crippen LogP contribution in [0.4, 0.5) is 0 Å². The molecule has 0 aliphatic carbocycles. The van der Waals surface area contributed by atoms with Crippen LogP contribution in [0, 0.1) is 6.92 Å². The standard InChI is InChI=1S/C52H45Br13O9/c1-24-6-29(53)15-42(63)45(24)69-18-31(66)19-70-46-34(55)7-25(8-35(46)56)51(2,3)26-9-36(57)47(37(58)10-26)71-20-32(67)21-72-48-38(59)11-27(12-39(48)60)52(4,5)28-13-40(61)49(41(62)14-28)73-22-33(68)23-74-50-43(64)16-30(54)17-44(50)65/h6-17,31-33,66-68H,18-23H2,1-5H3. The van der Waals surface area contributed by atoms with E-state index in [1.165, 1.54) is 0 Å². The molecule has 6 aromatic carbocycles. The molecule has 3 N–H and O–H groups in total. The smallest absolute Gasteiger partial charge is 0.147 e. The summed E-state index contributed by atoms with van der Waals surface area (Å²) in [6.07, 6.45) is -2.75. The maximum absolute atomic E-state index is 11.1. The first-order chi connectivity index (χ1) is 34.7. The van der Waals surface area contributed by atoms with E-state index in [4.69, 9.17) is 28.4 Å². The molecule has 3 unspecified atom stereocenters. The van der Waals surface area contributed by atoms with Gasteiger partial charge in [0.15, 0.2) is 0 Å². The largest absolute Gasteiger partial charge is 0.489 e. The normalized spacial score (nSPS) is 13.1. The van der Waals surface area contributed by atoms with Crippen molar-refractivity contribution in [3.8, 4) is 34.5 Å². The van der Waals surface area contributed by atoms with Crippen molar-refractivity contribution in [2.75, 3.05) is 39.6 Å². The molecule has 0 amide bonds. The molecule has 0 spiro atoms. The van der Waals surface area contributed by atoms with Gasteiger partial charge in [-0.1, -0.05) is 59.6 Å². The molecule has 0 saturated heterocycles. The molecule has 6 aromatic rings. The van der Waals surface area contributed by atoms with Gasteiger partial charge in [-0.05, 0) is 283 Å². The molecule has 3 atom stereocenters. The van der Waals surface area contributed by atoms with E-state index >= 15 is 0 Å². The van der Waals surface area contributed by atoms with Crippen LogP contribution < -0.4 is 28.4 Å². The Bertz CT molecular complexity index is 2670. The van der Waals surface area contributed by atoms with E-state index in [1.54, 1.807) is 0 Å². The van der Waals surface area contributed by atoms with Crippen LogP contribution >= 0.6 is 207 Å². The summed E-state index contributed by atoms with van der Waals surface area (Å²) in [5.74, 6) is 3.43. The molecule has 398 valence electrons. The number of aryl methyl sites for hydroxylation is 1. The van der Waals surface area contributed by atoms with Crippen molar-refractivity contribution in [2.24, 2.45) is 0 Å².